The van der Waals surface area contributed by atoms with Crippen LogP contribution in [0.3, 0.4) is 0 Å². The molecule has 0 aromatic heterocycles. The number of carbonyl (C=O) groups is 1. The van der Waals surface area contributed by atoms with Crippen LogP contribution < -0.4 is 29.1 Å². The van der Waals surface area contributed by atoms with Gasteiger partial charge in [-0.1, -0.05) is 0 Å². The van der Waals surface area contributed by atoms with E-state index >= 15 is 0 Å². The fraction of sp³-hybridized carbons (Fsp3) is 0.333. The Morgan fingerprint density at radius 1 is 0.939 bits per heavy atom. The third-order valence-electron chi connectivity index (χ3n) is 4.55. The summed E-state index contributed by atoms with van der Waals surface area (Å²) >= 11 is 0. The van der Waals surface area contributed by atoms with Gasteiger partial charge in [0.15, 0.2) is 11.5 Å². The Labute approximate surface area is 192 Å². The Balaban J connectivity index is 2.15. The molecule has 0 bridgehead atoms. The smallest absolute Gasteiger partial charge is 0.255 e. The van der Waals surface area contributed by atoms with Crippen molar-refractivity contribution in [2.45, 2.75) is 4.90 Å². The molecule has 0 unspecified atom stereocenters. The van der Waals surface area contributed by atoms with E-state index in [0.29, 0.717) is 28.6 Å². The summed E-state index contributed by atoms with van der Waals surface area (Å²) in [6.45, 7) is -0.483. The first-order valence-corrected chi connectivity index (χ1v) is 11.0. The molecule has 0 aliphatic rings. The highest BCUT2D eigenvalue weighted by Crippen LogP contribution is 2.39. The zero-order valence-corrected chi connectivity index (χ0v) is 20.1. The van der Waals surface area contributed by atoms with Gasteiger partial charge in [0.1, 0.15) is 16.4 Å². The van der Waals surface area contributed by atoms with Crippen molar-refractivity contribution < 1.29 is 36.9 Å². The van der Waals surface area contributed by atoms with E-state index in [1.165, 1.54) is 60.9 Å². The summed E-state index contributed by atoms with van der Waals surface area (Å²) in [6.07, 6.45) is 1.35. The van der Waals surface area contributed by atoms with E-state index in [-0.39, 0.29) is 10.6 Å². The zero-order valence-electron chi connectivity index (χ0n) is 19.2. The monoisotopic (exact) mass is 481 g/mol. The summed E-state index contributed by atoms with van der Waals surface area (Å²) in [5.74, 6) is 1.00. The Morgan fingerprint density at radius 2 is 1.58 bits per heavy atom. The molecule has 0 spiro atoms. The molecule has 0 heterocycles. The average Bonchev–Trinajstić information content (AvgIpc) is 2.82. The van der Waals surface area contributed by atoms with Crippen LogP contribution in [0.1, 0.15) is 5.56 Å². The number of sulfonamides is 1. The number of hydrazone groups is 1. The second kappa shape index (κ2) is 11.4. The van der Waals surface area contributed by atoms with Crippen LogP contribution in [0.4, 0.5) is 0 Å². The van der Waals surface area contributed by atoms with E-state index in [0.717, 1.165) is 4.31 Å². The Hall–Kier alpha value is -3.51. The van der Waals surface area contributed by atoms with Crippen molar-refractivity contribution in [2.75, 3.05) is 49.1 Å². The molecule has 2 aromatic rings. The van der Waals surface area contributed by atoms with Crippen molar-refractivity contribution >= 4 is 22.1 Å². The summed E-state index contributed by atoms with van der Waals surface area (Å²) < 4.78 is 52.9. The van der Waals surface area contributed by atoms with Crippen molar-refractivity contribution in [3.63, 3.8) is 0 Å². The molecule has 12 heteroatoms. The molecule has 1 amide bonds. The normalized spacial score (nSPS) is 11.4. The number of rotatable bonds is 11. The number of likely N-dealkylation sites (N-methyl/N-ethyl adjacent to an activating group) is 1. The number of methoxy groups -OCH3 is 5. The number of amides is 1. The third kappa shape index (κ3) is 5.84. The van der Waals surface area contributed by atoms with Crippen LogP contribution in [0.15, 0.2) is 40.3 Å². The summed E-state index contributed by atoms with van der Waals surface area (Å²) in [4.78, 5) is 12.2. The molecule has 0 fully saturated rings. The van der Waals surface area contributed by atoms with Gasteiger partial charge in [-0.25, -0.2) is 13.8 Å². The molecule has 0 radical (unpaired) electrons. The standard InChI is InChI=1S/C21H27N3O8S/c1-24(33(26,27)18-11-15(28-2)8-10-16(18)29-3)13-19(25)23-22-12-14-7-9-17(30-4)21(32-6)20(14)31-5/h7-12H,13H2,1-6H3,(H,23,25)/b22-12-. The number of hydrogen-bond donors (Lipinski definition) is 1. The first-order chi connectivity index (χ1) is 15.7. The lowest BCUT2D eigenvalue weighted by Crippen LogP contribution is -2.36. The van der Waals surface area contributed by atoms with E-state index in [1.807, 2.05) is 0 Å². The molecule has 11 nitrogen and oxygen atoms in total. The predicted octanol–water partition coefficient (Wildman–Crippen LogP) is 1.50. The molecule has 0 atom stereocenters. The molecular formula is C21H27N3O8S. The highest BCUT2D eigenvalue weighted by Gasteiger charge is 2.27. The van der Waals surface area contributed by atoms with Gasteiger partial charge in [0.05, 0.1) is 48.3 Å². The highest BCUT2D eigenvalue weighted by molar-refractivity contribution is 7.89. The van der Waals surface area contributed by atoms with Gasteiger partial charge in [-0.3, -0.25) is 4.79 Å². The maximum Gasteiger partial charge on any atom is 0.255 e. The highest BCUT2D eigenvalue weighted by atomic mass is 32.2. The van der Waals surface area contributed by atoms with Gasteiger partial charge in [-0.15, -0.1) is 0 Å². The van der Waals surface area contributed by atoms with Gasteiger partial charge >= 0.3 is 0 Å². The van der Waals surface area contributed by atoms with E-state index < -0.39 is 22.5 Å². The second-order valence-electron chi connectivity index (χ2n) is 6.49. The van der Waals surface area contributed by atoms with Crippen molar-refractivity contribution in [2.24, 2.45) is 5.10 Å². The maximum atomic E-state index is 13.0. The lowest BCUT2D eigenvalue weighted by Gasteiger charge is -2.18. The molecule has 0 aliphatic carbocycles. The van der Waals surface area contributed by atoms with E-state index in [4.69, 9.17) is 23.7 Å². The van der Waals surface area contributed by atoms with Gasteiger partial charge in [-0.2, -0.15) is 9.41 Å². The second-order valence-corrected chi connectivity index (χ2v) is 8.51. The van der Waals surface area contributed by atoms with Crippen LogP contribution in [0.2, 0.25) is 0 Å². The van der Waals surface area contributed by atoms with Crippen LogP contribution in [0.5, 0.6) is 28.7 Å². The van der Waals surface area contributed by atoms with Crippen molar-refractivity contribution in [3.05, 3.63) is 35.9 Å². The summed E-state index contributed by atoms with van der Waals surface area (Å²) in [5.41, 5.74) is 2.81. The summed E-state index contributed by atoms with van der Waals surface area (Å²) in [6, 6.07) is 7.69. The quantitative estimate of drug-likeness (QED) is 0.378. The lowest BCUT2D eigenvalue weighted by atomic mass is 10.2. The Bertz CT molecular complexity index is 1120. The van der Waals surface area contributed by atoms with Crippen LogP contribution in [-0.4, -0.2) is 74.0 Å². The number of ether oxygens (including phenoxy) is 5. The number of nitrogens with zero attached hydrogens (tertiary/aromatic N) is 2. The minimum atomic E-state index is -4.05. The molecule has 1 N–H and O–H groups in total. The summed E-state index contributed by atoms with van der Waals surface area (Å²) in [5, 5.41) is 3.88. The van der Waals surface area contributed by atoms with Crippen molar-refractivity contribution in [1.29, 1.82) is 0 Å². The number of benzene rings is 2. The van der Waals surface area contributed by atoms with Gasteiger partial charge in [0, 0.05) is 18.7 Å². The number of carbonyl (C=O) groups excluding carboxylic acids is 1. The van der Waals surface area contributed by atoms with Gasteiger partial charge < -0.3 is 23.7 Å². The van der Waals surface area contributed by atoms with Crippen LogP contribution in [0, 0.1) is 0 Å². The minimum absolute atomic E-state index is 0.127. The molecule has 2 rings (SSSR count). The first kappa shape index (κ1) is 25.7. The zero-order chi connectivity index (χ0) is 24.6. The van der Waals surface area contributed by atoms with Crippen molar-refractivity contribution in [3.8, 4) is 28.7 Å². The average molecular weight is 482 g/mol. The first-order valence-electron chi connectivity index (χ1n) is 9.52. The van der Waals surface area contributed by atoms with Gasteiger partial charge in [0.2, 0.25) is 15.8 Å². The third-order valence-corrected chi connectivity index (χ3v) is 6.38. The topological polar surface area (TPSA) is 125 Å². The summed E-state index contributed by atoms with van der Waals surface area (Å²) in [7, 11) is 4.42. The van der Waals surface area contributed by atoms with E-state index in [2.05, 4.69) is 10.5 Å². The van der Waals surface area contributed by atoms with Crippen molar-refractivity contribution in [1.82, 2.24) is 9.73 Å². The fourth-order valence-electron chi connectivity index (χ4n) is 2.88. The predicted molar refractivity (Wildman–Crippen MR) is 121 cm³/mol. The maximum absolute atomic E-state index is 13.0. The molecular weight excluding hydrogens is 454 g/mol. The Morgan fingerprint density at radius 3 is 2.15 bits per heavy atom. The number of hydrogen-bond acceptors (Lipinski definition) is 9. The minimum Gasteiger partial charge on any atom is -0.497 e. The Kier molecular flexibility index (Phi) is 8.88. The molecule has 0 saturated heterocycles. The van der Waals surface area contributed by atoms with Crippen LogP contribution in [-0.2, 0) is 14.8 Å². The SMILES string of the molecule is COc1ccc(OC)c(S(=O)(=O)N(C)CC(=O)N/N=C\c2ccc(OC)c(OC)c2OC)c1. The molecule has 180 valence electrons. The number of nitrogens with one attached hydrogen (secondary N) is 1. The fourth-order valence-corrected chi connectivity index (χ4v) is 4.17. The molecule has 2 aromatic carbocycles. The van der Waals surface area contributed by atoms with E-state index in [9.17, 15) is 13.2 Å². The van der Waals surface area contributed by atoms with E-state index in [1.54, 1.807) is 18.2 Å². The molecule has 0 aliphatic heterocycles. The lowest BCUT2D eigenvalue weighted by molar-refractivity contribution is -0.121. The van der Waals surface area contributed by atoms with Crippen LogP contribution >= 0.6 is 0 Å². The van der Waals surface area contributed by atoms with Gasteiger partial charge in [0.25, 0.3) is 5.91 Å². The molecule has 33 heavy (non-hydrogen) atoms. The largest absolute Gasteiger partial charge is 0.497 e. The molecule has 0 saturated carbocycles. The van der Waals surface area contributed by atoms with Gasteiger partial charge in [-0.05, 0) is 24.3 Å². The van der Waals surface area contributed by atoms with Crippen LogP contribution in [0.25, 0.3) is 0 Å².